The maximum atomic E-state index is 14.0. The van der Waals surface area contributed by atoms with Gasteiger partial charge in [-0.3, -0.25) is 9.59 Å². The Labute approximate surface area is 230 Å². The number of piperidine rings is 1. The minimum absolute atomic E-state index is 0.0933. The van der Waals surface area contributed by atoms with E-state index in [4.69, 9.17) is 0 Å². The fourth-order valence-corrected chi connectivity index (χ4v) is 7.51. The second-order valence-corrected chi connectivity index (χ2v) is 12.4. The first kappa shape index (κ1) is 30.8. The van der Waals surface area contributed by atoms with Gasteiger partial charge in [-0.1, -0.05) is 24.3 Å². The zero-order valence-electron chi connectivity index (χ0n) is 21.3. The molecule has 2 aliphatic rings. The first-order valence-corrected chi connectivity index (χ1v) is 13.9. The molecule has 0 radical (unpaired) electrons. The third-order valence-corrected chi connectivity index (χ3v) is 10.3. The predicted octanol–water partition coefficient (Wildman–Crippen LogP) is 3.91. The number of carbonyl (C=O) groups is 2. The van der Waals surface area contributed by atoms with Gasteiger partial charge in [0.25, 0.3) is 5.60 Å². The summed E-state index contributed by atoms with van der Waals surface area (Å²) < 4.78 is 120. The van der Waals surface area contributed by atoms with Gasteiger partial charge in [-0.2, -0.15) is 26.3 Å². The van der Waals surface area contributed by atoms with E-state index >= 15 is 0 Å². The van der Waals surface area contributed by atoms with Crippen LogP contribution in [-0.4, -0.2) is 74.2 Å². The Kier molecular flexibility index (Phi) is 7.93. The summed E-state index contributed by atoms with van der Waals surface area (Å²) in [5, 5.41) is 9.75. The van der Waals surface area contributed by atoms with E-state index < -0.39 is 62.3 Å². The highest BCUT2D eigenvalue weighted by Crippen LogP contribution is 2.51. The Morgan fingerprint density at radius 1 is 0.902 bits per heavy atom. The van der Waals surface area contributed by atoms with Gasteiger partial charge in [-0.15, -0.1) is 0 Å². The normalized spacial score (nSPS) is 21.3. The highest BCUT2D eigenvalue weighted by atomic mass is 32.2. The summed E-state index contributed by atoms with van der Waals surface area (Å²) in [5.41, 5.74) is -6.98. The molecule has 0 saturated carbocycles. The van der Waals surface area contributed by atoms with Crippen molar-refractivity contribution in [3.8, 4) is 0 Å². The number of benzene rings is 2. The lowest BCUT2D eigenvalue weighted by molar-refractivity contribution is -0.376. The Bertz CT molecular complexity index is 1370. The van der Waals surface area contributed by atoms with Crippen molar-refractivity contribution in [2.75, 3.05) is 26.2 Å². The van der Waals surface area contributed by atoms with Crippen molar-refractivity contribution in [2.45, 2.75) is 46.9 Å². The third kappa shape index (κ3) is 5.17. The van der Waals surface area contributed by atoms with E-state index in [-0.39, 0.29) is 23.4 Å². The monoisotopic (exact) mass is 610 g/mol. The van der Waals surface area contributed by atoms with Crippen LogP contribution in [-0.2, 0) is 29.8 Å². The van der Waals surface area contributed by atoms with Crippen LogP contribution in [0.2, 0.25) is 0 Å². The SMILES string of the molecule is O=CN1CCC(C(=O)N2CC[C@](c3ccc(C(O)(C(F)(F)F)C(F)(F)F)cc3)(S(=O)(=O)c3ccc(F)cc3)C2)CC1. The average Bonchev–Trinajstić information content (AvgIpc) is 3.39. The van der Waals surface area contributed by atoms with E-state index in [1.165, 1.54) is 9.80 Å². The second-order valence-electron chi connectivity index (χ2n) is 10.2. The van der Waals surface area contributed by atoms with Crippen molar-refractivity contribution >= 4 is 22.2 Å². The number of halogens is 7. The molecular formula is C26H25F7N2O5S. The quantitative estimate of drug-likeness (QED) is 0.304. The van der Waals surface area contributed by atoms with Gasteiger partial charge >= 0.3 is 12.4 Å². The zero-order valence-corrected chi connectivity index (χ0v) is 22.1. The molecule has 0 bridgehead atoms. The Morgan fingerprint density at radius 3 is 1.93 bits per heavy atom. The third-order valence-electron chi connectivity index (χ3n) is 7.86. The molecule has 41 heavy (non-hydrogen) atoms. The summed E-state index contributed by atoms with van der Waals surface area (Å²) in [6, 6.07) is 5.96. The van der Waals surface area contributed by atoms with Crippen molar-refractivity contribution in [3.05, 3.63) is 65.5 Å². The molecule has 2 aliphatic heterocycles. The lowest BCUT2D eigenvalue weighted by Crippen LogP contribution is -2.54. The van der Waals surface area contributed by atoms with Crippen LogP contribution in [0.5, 0.6) is 0 Å². The van der Waals surface area contributed by atoms with Crippen molar-refractivity contribution in [3.63, 3.8) is 0 Å². The van der Waals surface area contributed by atoms with E-state index in [0.717, 1.165) is 36.4 Å². The van der Waals surface area contributed by atoms with Crippen LogP contribution in [0.15, 0.2) is 53.4 Å². The number of hydrogen-bond acceptors (Lipinski definition) is 5. The van der Waals surface area contributed by atoms with Gasteiger partial charge in [0.2, 0.25) is 12.3 Å². The van der Waals surface area contributed by atoms with Crippen molar-refractivity contribution in [2.24, 2.45) is 5.92 Å². The summed E-state index contributed by atoms with van der Waals surface area (Å²) >= 11 is 0. The topological polar surface area (TPSA) is 95.0 Å². The molecule has 0 aromatic heterocycles. The smallest absolute Gasteiger partial charge is 0.369 e. The number of nitrogens with zero attached hydrogens (tertiary/aromatic N) is 2. The molecule has 2 amide bonds. The lowest BCUT2D eigenvalue weighted by Gasteiger charge is -2.34. The Balaban J connectivity index is 1.76. The van der Waals surface area contributed by atoms with E-state index in [2.05, 4.69) is 0 Å². The maximum Gasteiger partial charge on any atom is 0.430 e. The number of likely N-dealkylation sites (tertiary alicyclic amines) is 2. The molecule has 2 saturated heterocycles. The number of carbonyl (C=O) groups excluding carboxylic acids is 2. The zero-order chi connectivity index (χ0) is 30.4. The highest BCUT2D eigenvalue weighted by Gasteiger charge is 2.71. The average molecular weight is 611 g/mol. The summed E-state index contributed by atoms with van der Waals surface area (Å²) in [4.78, 5) is 26.7. The molecule has 2 aromatic carbocycles. The molecule has 1 N–H and O–H groups in total. The number of alkyl halides is 6. The largest absolute Gasteiger partial charge is 0.430 e. The number of hydrogen-bond donors (Lipinski definition) is 1. The van der Waals surface area contributed by atoms with E-state index in [1.807, 2.05) is 0 Å². The van der Waals surface area contributed by atoms with Gasteiger partial charge in [0.1, 0.15) is 10.6 Å². The summed E-state index contributed by atoms with van der Waals surface area (Å²) in [6.45, 7) is 0.0661. The van der Waals surface area contributed by atoms with Gasteiger partial charge < -0.3 is 14.9 Å². The standard InChI is InChI=1S/C26H25F7N2O5S/c27-20-5-7-21(8-6-20)41(39,40)23(11-14-35(15-23)22(37)17-9-12-34(16-36)13-10-17)18-1-3-19(4-2-18)24(38,25(28,29)30)26(31,32)33/h1-8,16-17,38H,9-15H2/t23-/m0/s1. The minimum Gasteiger partial charge on any atom is -0.369 e. The molecule has 4 rings (SSSR count). The maximum absolute atomic E-state index is 14.0. The molecule has 7 nitrogen and oxygen atoms in total. The molecule has 2 fully saturated rings. The number of amides is 2. The molecular weight excluding hydrogens is 585 g/mol. The van der Waals surface area contributed by atoms with E-state index in [9.17, 15) is 53.8 Å². The van der Waals surface area contributed by atoms with Crippen LogP contribution in [0.4, 0.5) is 30.7 Å². The van der Waals surface area contributed by atoms with Crippen LogP contribution < -0.4 is 0 Å². The Morgan fingerprint density at radius 2 is 1.44 bits per heavy atom. The van der Waals surface area contributed by atoms with Crippen LogP contribution in [0.1, 0.15) is 30.4 Å². The second kappa shape index (κ2) is 10.6. The molecule has 2 aromatic rings. The first-order valence-electron chi connectivity index (χ1n) is 12.4. The fourth-order valence-electron chi connectivity index (χ4n) is 5.43. The number of aliphatic hydroxyl groups is 1. The molecule has 2 heterocycles. The van der Waals surface area contributed by atoms with Gasteiger partial charge in [-0.25, -0.2) is 12.8 Å². The van der Waals surface area contributed by atoms with E-state index in [1.54, 1.807) is 0 Å². The van der Waals surface area contributed by atoms with Crippen LogP contribution in [0, 0.1) is 11.7 Å². The molecule has 15 heteroatoms. The lowest BCUT2D eigenvalue weighted by atomic mass is 9.89. The van der Waals surface area contributed by atoms with Crippen LogP contribution in [0.3, 0.4) is 0 Å². The van der Waals surface area contributed by atoms with Gasteiger partial charge in [0, 0.05) is 37.7 Å². The number of sulfone groups is 1. The summed E-state index contributed by atoms with van der Waals surface area (Å²) in [6.07, 6.45) is -11.2. The molecule has 0 unspecified atom stereocenters. The van der Waals surface area contributed by atoms with E-state index in [0.29, 0.717) is 44.5 Å². The first-order chi connectivity index (χ1) is 19.0. The van der Waals surface area contributed by atoms with Crippen molar-refractivity contribution in [1.82, 2.24) is 9.80 Å². The van der Waals surface area contributed by atoms with Crippen LogP contribution >= 0.6 is 0 Å². The molecule has 0 aliphatic carbocycles. The van der Waals surface area contributed by atoms with Crippen LogP contribution in [0.25, 0.3) is 0 Å². The minimum atomic E-state index is -6.14. The van der Waals surface area contributed by atoms with Gasteiger partial charge in [-0.05, 0) is 49.1 Å². The fraction of sp³-hybridized carbons (Fsp3) is 0.462. The predicted molar refractivity (Wildman–Crippen MR) is 129 cm³/mol. The molecule has 224 valence electrons. The Hall–Kier alpha value is -3.20. The highest BCUT2D eigenvalue weighted by molar-refractivity contribution is 7.92. The van der Waals surface area contributed by atoms with Gasteiger partial charge in [0.05, 0.1) is 4.90 Å². The van der Waals surface area contributed by atoms with Gasteiger partial charge in [0.15, 0.2) is 9.84 Å². The summed E-state index contributed by atoms with van der Waals surface area (Å²) in [5.74, 6) is -1.66. The van der Waals surface area contributed by atoms with Crippen molar-refractivity contribution in [1.29, 1.82) is 0 Å². The summed E-state index contributed by atoms with van der Waals surface area (Å²) in [7, 11) is -4.51. The number of rotatable bonds is 6. The molecule has 0 spiro atoms. The van der Waals surface area contributed by atoms with Crippen molar-refractivity contribution < 1.29 is 53.8 Å². The molecule has 1 atom stereocenters.